The third kappa shape index (κ3) is 3.05. The lowest BCUT2D eigenvalue weighted by atomic mass is 10.1. The molecule has 8 heteroatoms. The highest BCUT2D eigenvalue weighted by Crippen LogP contribution is 2.30. The summed E-state index contributed by atoms with van der Waals surface area (Å²) in [6.45, 7) is 2.86. The van der Waals surface area contributed by atoms with Gasteiger partial charge in [0, 0.05) is 19.9 Å². The second kappa shape index (κ2) is 5.47. The second-order valence-corrected chi connectivity index (χ2v) is 4.93. The van der Waals surface area contributed by atoms with Crippen LogP contribution in [0.4, 0.5) is 5.69 Å². The SMILES string of the molecule is COc1ccc(C=C2C(=O)OC(C)(C)OC2=O)cc1[N+](=O)[O-]. The number of rotatable bonds is 3. The molecule has 2 rings (SSSR count). The van der Waals surface area contributed by atoms with Crippen LogP contribution in [-0.4, -0.2) is 29.8 Å². The number of carbonyl (C=O) groups excluding carboxylic acids is 2. The van der Waals surface area contributed by atoms with Gasteiger partial charge in [-0.2, -0.15) is 0 Å². The van der Waals surface area contributed by atoms with E-state index in [4.69, 9.17) is 14.2 Å². The average Bonchev–Trinajstić information content (AvgIpc) is 2.41. The van der Waals surface area contributed by atoms with E-state index in [1.807, 2.05) is 0 Å². The van der Waals surface area contributed by atoms with E-state index in [0.717, 1.165) is 0 Å². The van der Waals surface area contributed by atoms with Crippen molar-refractivity contribution in [3.8, 4) is 5.75 Å². The van der Waals surface area contributed by atoms with Gasteiger partial charge in [0.2, 0.25) is 0 Å². The lowest BCUT2D eigenvalue weighted by molar-refractivity contribution is -0.385. The van der Waals surface area contributed by atoms with Gasteiger partial charge in [0.25, 0.3) is 5.79 Å². The Balaban J connectivity index is 2.41. The molecule has 1 heterocycles. The fourth-order valence-corrected chi connectivity index (χ4v) is 1.88. The maximum Gasteiger partial charge on any atom is 0.348 e. The molecule has 0 bridgehead atoms. The van der Waals surface area contributed by atoms with Gasteiger partial charge in [-0.3, -0.25) is 10.1 Å². The Bertz CT molecular complexity index is 668. The summed E-state index contributed by atoms with van der Waals surface area (Å²) >= 11 is 0. The predicted octanol–water partition coefficient (Wildman–Crippen LogP) is 1.82. The number of hydrogen-bond acceptors (Lipinski definition) is 7. The number of ether oxygens (including phenoxy) is 3. The molecule has 0 atom stereocenters. The molecule has 0 unspecified atom stereocenters. The van der Waals surface area contributed by atoms with Crippen LogP contribution in [0.2, 0.25) is 0 Å². The Labute approximate surface area is 125 Å². The summed E-state index contributed by atoms with van der Waals surface area (Å²) in [4.78, 5) is 34.0. The summed E-state index contributed by atoms with van der Waals surface area (Å²) in [6.07, 6.45) is 1.17. The molecule has 1 aromatic rings. The van der Waals surface area contributed by atoms with Crippen molar-refractivity contribution in [3.05, 3.63) is 39.4 Å². The first-order valence-electron chi connectivity index (χ1n) is 6.24. The van der Waals surface area contributed by atoms with Crippen LogP contribution in [0.1, 0.15) is 19.4 Å². The van der Waals surface area contributed by atoms with Crippen LogP contribution in [0.15, 0.2) is 23.8 Å². The molecule has 8 nitrogen and oxygen atoms in total. The number of nitro benzene ring substituents is 1. The number of cyclic esters (lactones) is 2. The van der Waals surface area contributed by atoms with Crippen molar-refractivity contribution >= 4 is 23.7 Å². The first kappa shape index (κ1) is 15.5. The normalized spacial score (nSPS) is 16.6. The van der Waals surface area contributed by atoms with Gasteiger partial charge < -0.3 is 14.2 Å². The number of esters is 2. The van der Waals surface area contributed by atoms with Gasteiger partial charge in [-0.05, 0) is 17.7 Å². The van der Waals surface area contributed by atoms with Gasteiger partial charge in [-0.25, -0.2) is 9.59 Å². The second-order valence-electron chi connectivity index (χ2n) is 4.93. The molecule has 22 heavy (non-hydrogen) atoms. The van der Waals surface area contributed by atoms with Crippen LogP contribution >= 0.6 is 0 Å². The highest BCUT2D eigenvalue weighted by atomic mass is 16.7. The molecule has 0 spiro atoms. The Morgan fingerprint density at radius 3 is 2.32 bits per heavy atom. The zero-order valence-corrected chi connectivity index (χ0v) is 12.1. The van der Waals surface area contributed by atoms with Crippen molar-refractivity contribution in [2.75, 3.05) is 7.11 Å². The Kier molecular flexibility index (Phi) is 3.85. The van der Waals surface area contributed by atoms with E-state index in [1.165, 1.54) is 45.2 Å². The molecule has 0 aromatic heterocycles. The minimum Gasteiger partial charge on any atom is -0.490 e. The molecule has 1 saturated heterocycles. The molecule has 1 aromatic carbocycles. The lowest BCUT2D eigenvalue weighted by Crippen LogP contribution is -2.41. The molecule has 1 aliphatic heterocycles. The minimum atomic E-state index is -1.34. The molecule has 1 fully saturated rings. The number of benzene rings is 1. The number of carbonyl (C=O) groups is 2. The minimum absolute atomic E-state index is 0.0714. The van der Waals surface area contributed by atoms with Crippen molar-refractivity contribution in [1.29, 1.82) is 0 Å². The van der Waals surface area contributed by atoms with Crippen LogP contribution in [0, 0.1) is 10.1 Å². The molecule has 1 aliphatic rings. The maximum atomic E-state index is 11.8. The quantitative estimate of drug-likeness (QED) is 0.276. The number of nitrogens with zero attached hydrogens (tertiary/aromatic N) is 1. The largest absolute Gasteiger partial charge is 0.490 e. The molecule has 0 radical (unpaired) electrons. The third-order valence-electron chi connectivity index (χ3n) is 2.83. The monoisotopic (exact) mass is 307 g/mol. The molecular formula is C14H13NO7. The van der Waals surface area contributed by atoms with E-state index in [9.17, 15) is 19.7 Å². The van der Waals surface area contributed by atoms with E-state index in [0.29, 0.717) is 0 Å². The van der Waals surface area contributed by atoms with Crippen molar-refractivity contribution in [2.45, 2.75) is 19.6 Å². The topological polar surface area (TPSA) is 105 Å². The van der Waals surface area contributed by atoms with Gasteiger partial charge in [0.15, 0.2) is 5.75 Å². The van der Waals surface area contributed by atoms with Crippen LogP contribution in [0.3, 0.4) is 0 Å². The van der Waals surface area contributed by atoms with Crippen LogP contribution in [0.5, 0.6) is 5.75 Å². The standard InChI is InChI=1S/C14H13NO7/c1-14(2)21-12(16)9(13(17)22-14)6-8-4-5-11(20-3)10(7-8)15(18)19/h4-7H,1-3H3. The van der Waals surface area contributed by atoms with Crippen molar-refractivity contribution in [3.63, 3.8) is 0 Å². The average molecular weight is 307 g/mol. The summed E-state index contributed by atoms with van der Waals surface area (Å²) in [7, 11) is 1.30. The van der Waals surface area contributed by atoms with Gasteiger partial charge in [-0.1, -0.05) is 6.07 Å². The molecule has 0 saturated carbocycles. The van der Waals surface area contributed by atoms with E-state index >= 15 is 0 Å². The van der Waals surface area contributed by atoms with Gasteiger partial charge in [-0.15, -0.1) is 0 Å². The molecule has 0 amide bonds. The molecular weight excluding hydrogens is 294 g/mol. The summed E-state index contributed by atoms with van der Waals surface area (Å²) in [5.41, 5.74) is -0.343. The van der Waals surface area contributed by atoms with E-state index in [2.05, 4.69) is 0 Å². The molecule has 0 N–H and O–H groups in total. The van der Waals surface area contributed by atoms with Crippen LogP contribution in [-0.2, 0) is 19.1 Å². The predicted molar refractivity (Wildman–Crippen MR) is 73.9 cm³/mol. The highest BCUT2D eigenvalue weighted by molar-refractivity contribution is 6.18. The molecule has 0 aliphatic carbocycles. The lowest BCUT2D eigenvalue weighted by Gasteiger charge is -2.29. The van der Waals surface area contributed by atoms with Gasteiger partial charge >= 0.3 is 17.6 Å². The fourth-order valence-electron chi connectivity index (χ4n) is 1.88. The van der Waals surface area contributed by atoms with Crippen LogP contribution in [0.25, 0.3) is 6.08 Å². The fraction of sp³-hybridized carbons (Fsp3) is 0.286. The maximum absolute atomic E-state index is 11.8. The number of nitro groups is 1. The van der Waals surface area contributed by atoms with Gasteiger partial charge in [0.1, 0.15) is 5.57 Å². The Hall–Kier alpha value is -2.90. The Morgan fingerprint density at radius 1 is 1.23 bits per heavy atom. The Morgan fingerprint density at radius 2 is 1.82 bits per heavy atom. The van der Waals surface area contributed by atoms with Gasteiger partial charge in [0.05, 0.1) is 12.0 Å². The molecule has 116 valence electrons. The van der Waals surface area contributed by atoms with Crippen molar-refractivity contribution < 1.29 is 28.7 Å². The van der Waals surface area contributed by atoms with E-state index in [1.54, 1.807) is 0 Å². The first-order chi connectivity index (χ1) is 10.2. The van der Waals surface area contributed by atoms with Crippen LogP contribution < -0.4 is 4.74 Å². The number of hydrogen-bond donors (Lipinski definition) is 0. The van der Waals surface area contributed by atoms with E-state index < -0.39 is 22.6 Å². The third-order valence-corrected chi connectivity index (χ3v) is 2.83. The van der Waals surface area contributed by atoms with Crippen molar-refractivity contribution in [2.24, 2.45) is 0 Å². The van der Waals surface area contributed by atoms with E-state index in [-0.39, 0.29) is 22.6 Å². The smallest absolute Gasteiger partial charge is 0.348 e. The zero-order valence-electron chi connectivity index (χ0n) is 12.1. The first-order valence-corrected chi connectivity index (χ1v) is 6.24. The zero-order chi connectivity index (χ0) is 16.5. The van der Waals surface area contributed by atoms with Crippen molar-refractivity contribution in [1.82, 2.24) is 0 Å². The summed E-state index contributed by atoms with van der Waals surface area (Å²) in [5, 5.41) is 11.0. The summed E-state index contributed by atoms with van der Waals surface area (Å²) < 4.78 is 14.8. The highest BCUT2D eigenvalue weighted by Gasteiger charge is 2.38. The summed E-state index contributed by atoms with van der Waals surface area (Å²) in [5.74, 6) is -2.96. The summed E-state index contributed by atoms with van der Waals surface area (Å²) in [6, 6.07) is 4.03. The number of methoxy groups -OCH3 is 1.